The lowest BCUT2D eigenvalue weighted by Crippen LogP contribution is -2.35. The van der Waals surface area contributed by atoms with Gasteiger partial charge in [0.15, 0.2) is 9.90 Å². The van der Waals surface area contributed by atoms with Crippen LogP contribution < -0.4 is 5.73 Å². The average molecular weight is 279 g/mol. The normalized spacial score (nSPS) is 11.6. The lowest BCUT2D eigenvalue weighted by Gasteiger charge is -2.13. The molecule has 1 rings (SSSR count). The molecule has 17 heavy (non-hydrogen) atoms. The molecule has 1 amide bonds. The maximum absolute atomic E-state index is 11.9. The number of likely N-dealkylation sites (N-methyl/N-ethyl adjacent to an activating group) is 1. The summed E-state index contributed by atoms with van der Waals surface area (Å²) < 4.78 is 24.0. The fourth-order valence-electron chi connectivity index (χ4n) is 1.01. The SMILES string of the molecule is CN(CC(N)=O)S(=O)(=O)c1scnc1C(=O)O. The van der Waals surface area contributed by atoms with Crippen LogP contribution in [-0.2, 0) is 14.8 Å². The van der Waals surface area contributed by atoms with Gasteiger partial charge in [0.1, 0.15) is 0 Å². The van der Waals surface area contributed by atoms with Crippen molar-refractivity contribution in [2.24, 2.45) is 5.73 Å². The van der Waals surface area contributed by atoms with Crippen LogP contribution in [0.5, 0.6) is 0 Å². The number of aromatic nitrogens is 1. The summed E-state index contributed by atoms with van der Waals surface area (Å²) in [6.45, 7) is -0.528. The average Bonchev–Trinajstić information content (AvgIpc) is 2.64. The smallest absolute Gasteiger partial charge is 0.356 e. The first-order valence-corrected chi connectivity index (χ1v) is 6.50. The van der Waals surface area contributed by atoms with Gasteiger partial charge in [-0.05, 0) is 0 Å². The zero-order valence-corrected chi connectivity index (χ0v) is 10.3. The van der Waals surface area contributed by atoms with Gasteiger partial charge in [-0.25, -0.2) is 18.2 Å². The molecule has 1 aromatic rings. The molecule has 0 radical (unpaired) electrons. The Morgan fingerprint density at radius 1 is 1.59 bits per heavy atom. The van der Waals surface area contributed by atoms with Crippen molar-refractivity contribution in [1.29, 1.82) is 0 Å². The molecule has 1 heterocycles. The minimum atomic E-state index is -4.06. The van der Waals surface area contributed by atoms with Crippen LogP contribution in [0.3, 0.4) is 0 Å². The molecule has 0 unspecified atom stereocenters. The van der Waals surface area contributed by atoms with E-state index >= 15 is 0 Å². The van der Waals surface area contributed by atoms with Gasteiger partial charge in [-0.15, -0.1) is 11.3 Å². The maximum atomic E-state index is 11.9. The largest absolute Gasteiger partial charge is 0.476 e. The molecule has 0 aliphatic heterocycles. The topological polar surface area (TPSA) is 131 Å². The van der Waals surface area contributed by atoms with Crippen molar-refractivity contribution >= 4 is 33.2 Å². The third-order valence-corrected chi connectivity index (χ3v) is 4.91. The van der Waals surface area contributed by atoms with Gasteiger partial charge in [-0.3, -0.25) is 4.79 Å². The third kappa shape index (κ3) is 2.78. The molecule has 3 N–H and O–H groups in total. The van der Waals surface area contributed by atoms with E-state index in [1.54, 1.807) is 0 Å². The highest BCUT2D eigenvalue weighted by Gasteiger charge is 2.30. The van der Waals surface area contributed by atoms with Gasteiger partial charge >= 0.3 is 5.97 Å². The second-order valence-electron chi connectivity index (χ2n) is 3.02. The number of hydrogen-bond donors (Lipinski definition) is 2. The molecule has 0 aliphatic rings. The Bertz CT molecular complexity index is 550. The van der Waals surface area contributed by atoms with Gasteiger partial charge in [0.05, 0.1) is 12.1 Å². The lowest BCUT2D eigenvalue weighted by molar-refractivity contribution is -0.118. The Hall–Kier alpha value is -1.52. The fraction of sp³-hybridized carbons (Fsp3) is 0.286. The molecule has 0 saturated carbocycles. The van der Waals surface area contributed by atoms with Crippen molar-refractivity contribution < 1.29 is 23.1 Å². The van der Waals surface area contributed by atoms with Crippen LogP contribution >= 0.6 is 11.3 Å². The van der Waals surface area contributed by atoms with Gasteiger partial charge < -0.3 is 10.8 Å². The van der Waals surface area contributed by atoms with E-state index in [1.807, 2.05) is 0 Å². The van der Waals surface area contributed by atoms with E-state index in [1.165, 1.54) is 0 Å². The van der Waals surface area contributed by atoms with Gasteiger partial charge in [-0.2, -0.15) is 4.31 Å². The number of amides is 1. The summed E-state index contributed by atoms with van der Waals surface area (Å²) >= 11 is 0.667. The molecule has 1 aromatic heterocycles. The first-order valence-electron chi connectivity index (χ1n) is 4.18. The molecule has 0 fully saturated rings. The number of carboxylic acid groups (broad SMARTS) is 1. The van der Waals surface area contributed by atoms with Crippen molar-refractivity contribution in [2.75, 3.05) is 13.6 Å². The molecule has 0 atom stereocenters. The second-order valence-corrected chi connectivity index (χ2v) is 6.12. The number of nitrogens with two attached hydrogens (primary N) is 1. The zero-order chi connectivity index (χ0) is 13.2. The Balaban J connectivity index is 3.17. The van der Waals surface area contributed by atoms with Crippen molar-refractivity contribution in [3.05, 3.63) is 11.2 Å². The number of primary amides is 1. The summed E-state index contributed by atoms with van der Waals surface area (Å²) in [6, 6.07) is 0. The number of nitrogens with zero attached hydrogens (tertiary/aromatic N) is 2. The van der Waals surface area contributed by atoms with E-state index in [-0.39, 0.29) is 0 Å². The predicted octanol–water partition coefficient (Wildman–Crippen LogP) is -1.05. The Morgan fingerprint density at radius 3 is 2.65 bits per heavy atom. The number of carbonyl (C=O) groups is 2. The molecule has 0 aromatic carbocycles. The summed E-state index contributed by atoms with van der Waals surface area (Å²) in [4.78, 5) is 24.8. The summed E-state index contributed by atoms with van der Waals surface area (Å²) in [6.07, 6.45) is 0. The number of hydrogen-bond acceptors (Lipinski definition) is 6. The minimum Gasteiger partial charge on any atom is -0.476 e. The van der Waals surface area contributed by atoms with Crippen LogP contribution in [-0.4, -0.2) is 48.3 Å². The maximum Gasteiger partial charge on any atom is 0.356 e. The highest BCUT2D eigenvalue weighted by atomic mass is 32.2. The molecular formula is C7H9N3O5S2. The Kier molecular flexibility index (Phi) is 3.80. The van der Waals surface area contributed by atoms with Crippen molar-refractivity contribution in [3.63, 3.8) is 0 Å². The third-order valence-electron chi connectivity index (χ3n) is 1.76. The molecule has 0 spiro atoms. The van der Waals surface area contributed by atoms with Crippen LogP contribution in [0.15, 0.2) is 9.72 Å². The number of carbonyl (C=O) groups excluding carboxylic acids is 1. The molecule has 10 heteroatoms. The van der Waals surface area contributed by atoms with Crippen LogP contribution in [0.1, 0.15) is 10.5 Å². The zero-order valence-electron chi connectivity index (χ0n) is 8.65. The van der Waals surface area contributed by atoms with E-state index in [0.717, 1.165) is 12.6 Å². The van der Waals surface area contributed by atoms with E-state index in [4.69, 9.17) is 10.8 Å². The number of sulfonamides is 1. The van der Waals surface area contributed by atoms with Gasteiger partial charge in [0.25, 0.3) is 10.0 Å². The molecule has 0 aliphatic carbocycles. The number of thiazole rings is 1. The van der Waals surface area contributed by atoms with Gasteiger partial charge in [-0.1, -0.05) is 0 Å². The van der Waals surface area contributed by atoms with E-state index in [0.29, 0.717) is 15.6 Å². The first kappa shape index (κ1) is 13.5. The summed E-state index contributed by atoms with van der Waals surface area (Å²) in [5, 5.41) is 8.75. The van der Waals surface area contributed by atoms with Crippen LogP contribution in [0.2, 0.25) is 0 Å². The summed E-state index contributed by atoms with van der Waals surface area (Å²) in [7, 11) is -2.93. The number of carboxylic acids is 1. The predicted molar refractivity (Wildman–Crippen MR) is 58.1 cm³/mol. The minimum absolute atomic E-state index is 0.422. The summed E-state index contributed by atoms with van der Waals surface area (Å²) in [5.41, 5.74) is 5.41. The first-order chi connectivity index (χ1) is 7.76. The molecular weight excluding hydrogens is 270 g/mol. The van der Waals surface area contributed by atoms with Crippen molar-refractivity contribution in [3.8, 4) is 0 Å². The van der Waals surface area contributed by atoms with E-state index in [9.17, 15) is 18.0 Å². The monoisotopic (exact) mass is 279 g/mol. The molecule has 0 bridgehead atoms. The Morgan fingerprint density at radius 2 is 2.18 bits per heavy atom. The van der Waals surface area contributed by atoms with Crippen molar-refractivity contribution in [1.82, 2.24) is 9.29 Å². The lowest BCUT2D eigenvalue weighted by atomic mass is 10.5. The van der Waals surface area contributed by atoms with E-state index in [2.05, 4.69) is 4.98 Å². The van der Waals surface area contributed by atoms with E-state index < -0.39 is 38.3 Å². The van der Waals surface area contributed by atoms with Gasteiger partial charge in [0.2, 0.25) is 5.91 Å². The van der Waals surface area contributed by atoms with Gasteiger partial charge in [0, 0.05) is 7.05 Å². The molecule has 0 saturated heterocycles. The van der Waals surface area contributed by atoms with Crippen LogP contribution in [0.25, 0.3) is 0 Å². The fourth-order valence-corrected chi connectivity index (χ4v) is 3.47. The number of aromatic carboxylic acids is 1. The quantitative estimate of drug-likeness (QED) is 0.707. The molecule has 8 nitrogen and oxygen atoms in total. The Labute approximate surface area is 101 Å². The number of rotatable bonds is 5. The summed E-state index contributed by atoms with van der Waals surface area (Å²) in [5.74, 6) is -2.28. The molecule has 94 valence electrons. The highest BCUT2D eigenvalue weighted by Crippen LogP contribution is 2.23. The highest BCUT2D eigenvalue weighted by molar-refractivity contribution is 7.91. The second kappa shape index (κ2) is 4.77. The van der Waals surface area contributed by atoms with Crippen LogP contribution in [0.4, 0.5) is 0 Å². The van der Waals surface area contributed by atoms with Crippen molar-refractivity contribution in [2.45, 2.75) is 4.21 Å². The standard InChI is InChI=1S/C7H9N3O5S2/c1-10(2-4(8)11)17(14,15)7-5(6(12)13)9-3-16-7/h3H,2H2,1H3,(H2,8,11)(H,12,13). The van der Waals surface area contributed by atoms with Crippen LogP contribution in [0, 0.1) is 0 Å².